The van der Waals surface area contributed by atoms with Gasteiger partial charge in [-0.15, -0.1) is 0 Å². The molecule has 0 aromatic rings. The number of hydrogen-bond donors (Lipinski definition) is 0. The molecule has 4 heteroatoms. The van der Waals surface area contributed by atoms with Crippen molar-refractivity contribution < 1.29 is 61.5 Å². The third-order valence-corrected chi connectivity index (χ3v) is 0. The molecule has 0 aliphatic carbocycles. The zero-order chi connectivity index (χ0) is 0. The molecule has 4 heavy (non-hydrogen) atoms. The summed E-state index contributed by atoms with van der Waals surface area (Å²) in [7, 11) is 0. The molecule has 0 bridgehead atoms. The first-order valence-corrected chi connectivity index (χ1v) is 0. The van der Waals surface area contributed by atoms with E-state index in [0.717, 1.165) is 0 Å². The minimum absolute atomic E-state index is 0. The Labute approximate surface area is 77.8 Å². The average Bonchev–Trinajstić information content (AvgIpc) is 0. The molecule has 0 saturated heterocycles. The second-order valence-corrected chi connectivity index (χ2v) is 0. The van der Waals surface area contributed by atoms with Crippen LogP contribution in [-0.4, -0.2) is 17.4 Å². The van der Waals surface area contributed by atoms with Crippen LogP contribution in [0, 0.1) is 0 Å². The summed E-state index contributed by atoms with van der Waals surface area (Å²) in [6.45, 7) is 0. The van der Waals surface area contributed by atoms with Crippen molar-refractivity contribution in [3.05, 3.63) is 0 Å². The second kappa shape index (κ2) is 17.8. The third-order valence-electron chi connectivity index (χ3n) is 0. The predicted octanol–water partition coefficient (Wildman–Crippen LogP) is -1.19. The standard InChI is InChI=1S/Al.Au.Cr.Ti.3H. The van der Waals surface area contributed by atoms with Gasteiger partial charge in [-0.1, -0.05) is 0 Å². The summed E-state index contributed by atoms with van der Waals surface area (Å²) in [6.07, 6.45) is 0. The Morgan fingerprint density at radius 2 is 1.00 bits per heavy atom. The van der Waals surface area contributed by atoms with Crippen LogP contribution < -0.4 is 0 Å². The molecular weight excluding hydrogens is 324 g/mol. The molecule has 0 atom stereocenters. The minimum Gasteiger partial charge on any atom is 0 e. The van der Waals surface area contributed by atoms with Crippen LogP contribution in [0.5, 0.6) is 0 Å². The maximum Gasteiger partial charge on any atom is 0.187 e. The summed E-state index contributed by atoms with van der Waals surface area (Å²) in [5, 5.41) is 0. The number of rotatable bonds is 0. The molecule has 0 saturated carbocycles. The Hall–Kier alpha value is 2.52. The van der Waals surface area contributed by atoms with Gasteiger partial charge in [0.15, 0.2) is 17.4 Å². The summed E-state index contributed by atoms with van der Waals surface area (Å²) < 4.78 is 0. The normalized spacial score (nSPS) is 0. The Morgan fingerprint density at radius 1 is 1.00 bits per heavy atom. The maximum absolute atomic E-state index is 0. The summed E-state index contributed by atoms with van der Waals surface area (Å²) in [6, 6.07) is 0. The van der Waals surface area contributed by atoms with Gasteiger partial charge in [-0.25, -0.2) is 0 Å². The third kappa shape index (κ3) is 8.82. The Balaban J connectivity index is 0. The van der Waals surface area contributed by atoms with E-state index in [1.54, 1.807) is 0 Å². The van der Waals surface area contributed by atoms with Gasteiger partial charge in [0.25, 0.3) is 0 Å². The van der Waals surface area contributed by atoms with E-state index in [-0.39, 0.29) is 78.8 Å². The second-order valence-electron chi connectivity index (χ2n) is 0. The molecule has 0 aliphatic rings. The van der Waals surface area contributed by atoms with Crippen LogP contribution in [0.4, 0.5) is 0 Å². The maximum atomic E-state index is 0. The van der Waals surface area contributed by atoms with E-state index >= 15 is 0 Å². The van der Waals surface area contributed by atoms with Crippen molar-refractivity contribution in [3.63, 3.8) is 0 Å². The van der Waals surface area contributed by atoms with E-state index in [0.29, 0.717) is 0 Å². The summed E-state index contributed by atoms with van der Waals surface area (Å²) in [5.74, 6) is 0. The SMILES string of the molecule is [AlH3].[Au].[Cr].[Ti]. The molecule has 27 valence electrons. The fourth-order valence-electron chi connectivity index (χ4n) is 0. The fourth-order valence-corrected chi connectivity index (χ4v) is 0. The quantitative estimate of drug-likeness (QED) is 0.491. The van der Waals surface area contributed by atoms with E-state index in [1.807, 2.05) is 0 Å². The molecule has 0 aromatic carbocycles. The van der Waals surface area contributed by atoms with Gasteiger partial charge < -0.3 is 0 Å². The first kappa shape index (κ1) is 31.3. The van der Waals surface area contributed by atoms with Gasteiger partial charge in [0.1, 0.15) is 0 Å². The van der Waals surface area contributed by atoms with Crippen LogP contribution in [0.2, 0.25) is 0 Å². The Morgan fingerprint density at radius 3 is 1.00 bits per heavy atom. The molecule has 0 fully saturated rings. The van der Waals surface area contributed by atoms with Crippen molar-refractivity contribution in [2.75, 3.05) is 0 Å². The molecular formula is H3AlAuCrTi. The molecule has 0 aliphatic heterocycles. The van der Waals surface area contributed by atoms with Crippen LogP contribution >= 0.6 is 0 Å². The summed E-state index contributed by atoms with van der Waals surface area (Å²) in [5.41, 5.74) is 0. The van der Waals surface area contributed by atoms with Gasteiger partial charge in [0, 0.05) is 61.5 Å². The molecule has 1 radical (unpaired) electrons. The zero-order valence-corrected chi connectivity index (χ0v) is 6.21. The topological polar surface area (TPSA) is 0 Å². The number of hydrogen-bond acceptors (Lipinski definition) is 0. The molecule has 0 heterocycles. The van der Waals surface area contributed by atoms with Crippen molar-refractivity contribution in [1.29, 1.82) is 0 Å². The molecule has 0 N–H and O–H groups in total. The largest absolute Gasteiger partial charge is 0.187 e. The Kier molecular flexibility index (Phi) is 139. The molecule has 0 spiro atoms. The predicted molar refractivity (Wildman–Crippen MR) is 9.94 cm³/mol. The molecule has 0 unspecified atom stereocenters. The monoisotopic (exact) mass is 327 g/mol. The molecule has 0 nitrogen and oxygen atoms in total. The van der Waals surface area contributed by atoms with Gasteiger partial charge in [0.05, 0.1) is 0 Å². The summed E-state index contributed by atoms with van der Waals surface area (Å²) >= 11 is 0. The minimum atomic E-state index is 0. The van der Waals surface area contributed by atoms with Crippen molar-refractivity contribution in [3.8, 4) is 0 Å². The molecule has 0 amide bonds. The van der Waals surface area contributed by atoms with E-state index < -0.39 is 0 Å². The van der Waals surface area contributed by atoms with Crippen molar-refractivity contribution in [1.82, 2.24) is 0 Å². The summed E-state index contributed by atoms with van der Waals surface area (Å²) in [4.78, 5) is 0. The zero-order valence-electron chi connectivity index (χ0n) is 1.21. The van der Waals surface area contributed by atoms with Gasteiger partial charge in [-0.3, -0.25) is 0 Å². The van der Waals surface area contributed by atoms with Crippen LogP contribution in [-0.2, 0) is 61.5 Å². The first-order valence-electron chi connectivity index (χ1n) is 0. The van der Waals surface area contributed by atoms with Crippen molar-refractivity contribution in [2.24, 2.45) is 0 Å². The van der Waals surface area contributed by atoms with E-state index in [1.165, 1.54) is 0 Å². The fraction of sp³-hybridized carbons (Fsp3) is 0. The van der Waals surface area contributed by atoms with E-state index in [4.69, 9.17) is 0 Å². The average molecular weight is 327 g/mol. The van der Waals surface area contributed by atoms with Crippen molar-refractivity contribution in [2.45, 2.75) is 0 Å². The molecule has 0 rings (SSSR count). The van der Waals surface area contributed by atoms with Crippen LogP contribution in [0.1, 0.15) is 0 Å². The van der Waals surface area contributed by atoms with E-state index in [9.17, 15) is 0 Å². The van der Waals surface area contributed by atoms with Gasteiger partial charge in [0.2, 0.25) is 0 Å². The van der Waals surface area contributed by atoms with E-state index in [2.05, 4.69) is 0 Å². The van der Waals surface area contributed by atoms with Crippen molar-refractivity contribution >= 4 is 17.4 Å². The van der Waals surface area contributed by atoms with Gasteiger partial charge >= 0.3 is 0 Å². The van der Waals surface area contributed by atoms with Crippen LogP contribution in [0.15, 0.2) is 0 Å². The Bertz CT molecular complexity index is 8.00. The van der Waals surface area contributed by atoms with Crippen LogP contribution in [0.25, 0.3) is 0 Å². The first-order chi connectivity index (χ1) is 0. The smallest absolute Gasteiger partial charge is 0 e. The van der Waals surface area contributed by atoms with Crippen LogP contribution in [0.3, 0.4) is 0 Å². The van der Waals surface area contributed by atoms with Gasteiger partial charge in [-0.2, -0.15) is 0 Å². The van der Waals surface area contributed by atoms with Gasteiger partial charge in [-0.05, 0) is 0 Å². The molecule has 0 aromatic heterocycles.